The average Bonchev–Trinajstić information content (AvgIpc) is 2.95. The molecule has 0 radical (unpaired) electrons. The molecule has 0 atom stereocenters. The molecule has 0 unspecified atom stereocenters. The van der Waals surface area contributed by atoms with Gasteiger partial charge in [0.05, 0.1) is 12.2 Å². The maximum atomic E-state index is 11.4. The van der Waals surface area contributed by atoms with Crippen molar-refractivity contribution in [3.63, 3.8) is 0 Å². The highest BCUT2D eigenvalue weighted by Gasteiger charge is 2.25. The molecule has 1 aliphatic carbocycles. The minimum Gasteiger partial charge on any atom is -0.480 e. The first-order valence-electron chi connectivity index (χ1n) is 6.18. The number of carbonyl (C=O) groups excluding carboxylic acids is 1. The molecular weight excluding hydrogens is 262 g/mol. The van der Waals surface area contributed by atoms with Crippen LogP contribution in [0.2, 0.25) is 0 Å². The minimum absolute atomic E-state index is 0.0570. The van der Waals surface area contributed by atoms with Crippen molar-refractivity contribution in [3.8, 4) is 11.1 Å². The first-order chi connectivity index (χ1) is 9.54. The Bertz CT molecular complexity index is 683. The van der Waals surface area contributed by atoms with Crippen molar-refractivity contribution in [1.82, 2.24) is 19.6 Å². The lowest BCUT2D eigenvalue weighted by atomic mass is 10.1. The van der Waals surface area contributed by atoms with Crippen LogP contribution in [0.25, 0.3) is 11.1 Å². The number of nitrogens with two attached hydrogens (primary N) is 1. The summed E-state index contributed by atoms with van der Waals surface area (Å²) in [6.07, 6.45) is 7.16. The molecule has 0 spiro atoms. The van der Waals surface area contributed by atoms with Crippen molar-refractivity contribution in [3.05, 3.63) is 24.3 Å². The van der Waals surface area contributed by atoms with Gasteiger partial charge >= 0.3 is 5.97 Å². The van der Waals surface area contributed by atoms with E-state index < -0.39 is 11.9 Å². The molecule has 8 heteroatoms. The highest BCUT2D eigenvalue weighted by atomic mass is 16.4. The van der Waals surface area contributed by atoms with Crippen LogP contribution in [0.15, 0.2) is 18.6 Å². The molecule has 8 nitrogen and oxygen atoms in total. The number of primary amides is 1. The summed E-state index contributed by atoms with van der Waals surface area (Å²) in [5.41, 5.74) is 6.56. The topological polar surface area (TPSA) is 116 Å². The number of hydrogen-bond donors (Lipinski definition) is 2. The smallest absolute Gasteiger partial charge is 0.325 e. The van der Waals surface area contributed by atoms with Crippen LogP contribution in [0.3, 0.4) is 0 Å². The number of aromatic nitrogens is 4. The molecule has 3 rings (SSSR count). The summed E-state index contributed by atoms with van der Waals surface area (Å²) in [6, 6.07) is 0.426. The lowest BCUT2D eigenvalue weighted by Gasteiger charge is -1.95. The van der Waals surface area contributed by atoms with Gasteiger partial charge in [-0.15, -0.1) is 0 Å². The van der Waals surface area contributed by atoms with Crippen molar-refractivity contribution < 1.29 is 14.7 Å². The quantitative estimate of drug-likeness (QED) is 0.812. The summed E-state index contributed by atoms with van der Waals surface area (Å²) in [6.45, 7) is -0.322. The normalized spacial score (nSPS) is 14.4. The van der Waals surface area contributed by atoms with Crippen molar-refractivity contribution in [1.29, 1.82) is 0 Å². The molecule has 1 fully saturated rings. The molecule has 0 bridgehead atoms. The van der Waals surface area contributed by atoms with E-state index in [1.165, 1.54) is 10.9 Å². The first-order valence-corrected chi connectivity index (χ1v) is 6.18. The number of aliphatic carboxylic acids is 1. The van der Waals surface area contributed by atoms with Crippen LogP contribution in [0, 0.1) is 0 Å². The molecule has 20 heavy (non-hydrogen) atoms. The maximum Gasteiger partial charge on any atom is 0.325 e. The number of rotatable bonds is 5. The number of carboxylic acids is 1. The first kappa shape index (κ1) is 12.4. The molecule has 1 aliphatic rings. The molecule has 2 heterocycles. The molecule has 104 valence electrons. The number of carboxylic acid groups (broad SMARTS) is 1. The predicted molar refractivity (Wildman–Crippen MR) is 67.9 cm³/mol. The van der Waals surface area contributed by atoms with E-state index >= 15 is 0 Å². The molecule has 0 saturated heterocycles. The third-order valence-corrected chi connectivity index (χ3v) is 3.13. The Kier molecular flexibility index (Phi) is 2.78. The van der Waals surface area contributed by atoms with E-state index in [0.717, 1.165) is 12.8 Å². The van der Waals surface area contributed by atoms with Gasteiger partial charge in [-0.25, -0.2) is 0 Å². The van der Waals surface area contributed by atoms with Crippen LogP contribution in [0.4, 0.5) is 0 Å². The second-order valence-corrected chi connectivity index (χ2v) is 4.79. The van der Waals surface area contributed by atoms with Gasteiger partial charge in [0.25, 0.3) is 5.91 Å². The number of hydrogen-bond acceptors (Lipinski definition) is 4. The average molecular weight is 275 g/mol. The zero-order valence-electron chi connectivity index (χ0n) is 10.6. The summed E-state index contributed by atoms with van der Waals surface area (Å²) in [4.78, 5) is 22.1. The Hall–Kier alpha value is -2.64. The van der Waals surface area contributed by atoms with Gasteiger partial charge in [0.15, 0.2) is 5.69 Å². The third kappa shape index (κ3) is 2.27. The van der Waals surface area contributed by atoms with Crippen LogP contribution in [-0.2, 0) is 11.3 Å². The Morgan fingerprint density at radius 1 is 1.40 bits per heavy atom. The number of nitrogens with zero attached hydrogens (tertiary/aromatic N) is 4. The summed E-state index contributed by atoms with van der Waals surface area (Å²) < 4.78 is 3.03. The summed E-state index contributed by atoms with van der Waals surface area (Å²) in [7, 11) is 0. The van der Waals surface area contributed by atoms with E-state index in [0.29, 0.717) is 17.2 Å². The molecule has 2 aromatic heterocycles. The van der Waals surface area contributed by atoms with Crippen molar-refractivity contribution >= 4 is 11.9 Å². The van der Waals surface area contributed by atoms with Gasteiger partial charge in [-0.1, -0.05) is 0 Å². The summed E-state index contributed by atoms with van der Waals surface area (Å²) >= 11 is 0. The molecule has 1 saturated carbocycles. The maximum absolute atomic E-state index is 11.4. The number of carbonyl (C=O) groups is 2. The fourth-order valence-corrected chi connectivity index (χ4v) is 2.05. The Morgan fingerprint density at radius 3 is 2.75 bits per heavy atom. The fourth-order valence-electron chi connectivity index (χ4n) is 2.05. The van der Waals surface area contributed by atoms with E-state index in [9.17, 15) is 9.59 Å². The lowest BCUT2D eigenvalue weighted by molar-refractivity contribution is -0.137. The second-order valence-electron chi connectivity index (χ2n) is 4.79. The van der Waals surface area contributed by atoms with Crippen molar-refractivity contribution in [2.75, 3.05) is 0 Å². The van der Waals surface area contributed by atoms with Gasteiger partial charge in [-0.3, -0.25) is 19.0 Å². The van der Waals surface area contributed by atoms with Gasteiger partial charge in [-0.05, 0) is 12.8 Å². The molecule has 0 aliphatic heterocycles. The van der Waals surface area contributed by atoms with Crippen LogP contribution < -0.4 is 5.73 Å². The highest BCUT2D eigenvalue weighted by Crippen LogP contribution is 2.35. The van der Waals surface area contributed by atoms with Gasteiger partial charge < -0.3 is 10.8 Å². The SMILES string of the molecule is NC(=O)c1nn(CC(=O)O)cc1-c1cnn(C2CC2)c1. The predicted octanol–water partition coefficient (Wildman–Crippen LogP) is 0.265. The van der Waals surface area contributed by atoms with Crippen LogP contribution in [-0.4, -0.2) is 36.5 Å². The van der Waals surface area contributed by atoms with Gasteiger partial charge in [-0.2, -0.15) is 10.2 Å². The summed E-state index contributed by atoms with van der Waals surface area (Å²) in [5, 5.41) is 16.9. The van der Waals surface area contributed by atoms with Gasteiger partial charge in [0, 0.05) is 23.5 Å². The van der Waals surface area contributed by atoms with Crippen LogP contribution >= 0.6 is 0 Å². The Balaban J connectivity index is 1.98. The fraction of sp³-hybridized carbons (Fsp3) is 0.333. The Labute approximate surface area is 113 Å². The molecule has 0 aromatic carbocycles. The molecule has 3 N–H and O–H groups in total. The van der Waals surface area contributed by atoms with E-state index in [1.807, 2.05) is 10.9 Å². The van der Waals surface area contributed by atoms with Gasteiger partial charge in [0.2, 0.25) is 0 Å². The van der Waals surface area contributed by atoms with E-state index in [2.05, 4.69) is 10.2 Å². The van der Waals surface area contributed by atoms with Crippen LogP contribution in [0.1, 0.15) is 29.4 Å². The van der Waals surface area contributed by atoms with Crippen molar-refractivity contribution in [2.24, 2.45) is 5.73 Å². The van der Waals surface area contributed by atoms with E-state index in [-0.39, 0.29) is 12.2 Å². The number of amides is 1. The monoisotopic (exact) mass is 275 g/mol. The minimum atomic E-state index is -1.04. The van der Waals surface area contributed by atoms with Crippen molar-refractivity contribution in [2.45, 2.75) is 25.4 Å². The standard InChI is InChI=1S/C12H13N5O3/c13-12(20)11-9(5-16(15-11)6-10(18)19)7-3-14-17(4-7)8-1-2-8/h3-5,8H,1-2,6H2,(H2,13,20)(H,18,19). The van der Waals surface area contributed by atoms with E-state index in [1.54, 1.807) is 6.20 Å². The van der Waals surface area contributed by atoms with Gasteiger partial charge in [0.1, 0.15) is 6.54 Å². The summed E-state index contributed by atoms with van der Waals surface area (Å²) in [5.74, 6) is -1.73. The van der Waals surface area contributed by atoms with E-state index in [4.69, 9.17) is 10.8 Å². The molecule has 1 amide bonds. The Morgan fingerprint density at radius 2 is 2.15 bits per heavy atom. The zero-order chi connectivity index (χ0) is 14.3. The zero-order valence-corrected chi connectivity index (χ0v) is 10.6. The highest BCUT2D eigenvalue weighted by molar-refractivity contribution is 5.97. The second kappa shape index (κ2) is 4.48. The van der Waals surface area contributed by atoms with Crippen LogP contribution in [0.5, 0.6) is 0 Å². The third-order valence-electron chi connectivity index (χ3n) is 3.13. The molecular formula is C12H13N5O3. The lowest BCUT2D eigenvalue weighted by Crippen LogP contribution is -2.15. The molecule has 2 aromatic rings. The largest absolute Gasteiger partial charge is 0.480 e.